The first kappa shape index (κ1) is 9.99. The van der Waals surface area contributed by atoms with Crippen molar-refractivity contribution in [1.29, 1.82) is 0 Å². The number of hydrogen-bond donors (Lipinski definition) is 1. The van der Waals surface area contributed by atoms with Crippen molar-refractivity contribution in [3.63, 3.8) is 0 Å². The second-order valence-electron chi connectivity index (χ2n) is 3.42. The van der Waals surface area contributed by atoms with Crippen molar-refractivity contribution in [2.24, 2.45) is 0 Å². The first-order chi connectivity index (χ1) is 6.09. The van der Waals surface area contributed by atoms with Gasteiger partial charge in [0, 0.05) is 19.8 Å². The van der Waals surface area contributed by atoms with Crippen molar-refractivity contribution < 1.29 is 5.11 Å². The lowest BCUT2D eigenvalue weighted by Gasteiger charge is -2.19. The topological polar surface area (TPSA) is 36.4 Å². The van der Waals surface area contributed by atoms with Gasteiger partial charge in [0.2, 0.25) is 0 Å². The summed E-state index contributed by atoms with van der Waals surface area (Å²) >= 11 is 0. The highest BCUT2D eigenvalue weighted by Crippen LogP contribution is 2.08. The van der Waals surface area contributed by atoms with E-state index in [1.165, 1.54) is 0 Å². The molecule has 1 atom stereocenters. The Morgan fingerprint density at radius 3 is 2.69 bits per heavy atom. The van der Waals surface area contributed by atoms with Crippen LogP contribution >= 0.6 is 0 Å². The molecular formula is C10H16N2O. The second-order valence-corrected chi connectivity index (χ2v) is 3.42. The lowest BCUT2D eigenvalue weighted by Crippen LogP contribution is -2.27. The van der Waals surface area contributed by atoms with E-state index < -0.39 is 0 Å². The van der Waals surface area contributed by atoms with Gasteiger partial charge >= 0.3 is 0 Å². The fraction of sp³-hybridized carbons (Fsp3) is 0.500. The molecule has 0 radical (unpaired) electrons. The molecule has 0 unspecified atom stereocenters. The highest BCUT2D eigenvalue weighted by Gasteiger charge is 2.04. The minimum Gasteiger partial charge on any atom is -0.392 e. The summed E-state index contributed by atoms with van der Waals surface area (Å²) in [7, 11) is 1.92. The van der Waals surface area contributed by atoms with E-state index in [0.29, 0.717) is 6.54 Å². The van der Waals surface area contributed by atoms with Crippen LogP contribution in [0.1, 0.15) is 12.5 Å². The maximum Gasteiger partial charge on any atom is 0.128 e. The zero-order valence-corrected chi connectivity index (χ0v) is 8.36. The summed E-state index contributed by atoms with van der Waals surface area (Å²) in [5.74, 6) is 0.895. The maximum absolute atomic E-state index is 9.17. The molecule has 0 aliphatic heterocycles. The number of hydrogen-bond acceptors (Lipinski definition) is 3. The van der Waals surface area contributed by atoms with Crippen LogP contribution < -0.4 is 4.90 Å². The van der Waals surface area contributed by atoms with E-state index in [2.05, 4.69) is 4.98 Å². The molecule has 0 amide bonds. The predicted octanol–water partition coefficient (Wildman–Crippen LogP) is 1.21. The Morgan fingerprint density at radius 1 is 1.54 bits per heavy atom. The molecule has 3 heteroatoms. The molecule has 13 heavy (non-hydrogen) atoms. The molecule has 0 aliphatic carbocycles. The van der Waals surface area contributed by atoms with Crippen LogP contribution in [0.25, 0.3) is 0 Å². The largest absolute Gasteiger partial charge is 0.392 e. The number of aromatic nitrogens is 1. The van der Waals surface area contributed by atoms with Crippen LogP contribution in [0, 0.1) is 6.92 Å². The van der Waals surface area contributed by atoms with Crippen molar-refractivity contribution in [2.45, 2.75) is 20.0 Å². The van der Waals surface area contributed by atoms with Gasteiger partial charge in [0.15, 0.2) is 0 Å². The van der Waals surface area contributed by atoms with Crippen LogP contribution in [0.2, 0.25) is 0 Å². The highest BCUT2D eigenvalue weighted by molar-refractivity contribution is 5.38. The van der Waals surface area contributed by atoms with Crippen LogP contribution in [0.5, 0.6) is 0 Å². The molecular weight excluding hydrogens is 164 g/mol. The number of anilines is 1. The zero-order chi connectivity index (χ0) is 9.84. The van der Waals surface area contributed by atoms with Crippen molar-refractivity contribution in [1.82, 2.24) is 4.98 Å². The van der Waals surface area contributed by atoms with E-state index in [9.17, 15) is 0 Å². The molecule has 0 bridgehead atoms. The summed E-state index contributed by atoms with van der Waals surface area (Å²) in [6.07, 6.45) is 1.50. The van der Waals surface area contributed by atoms with Crippen LogP contribution in [0.3, 0.4) is 0 Å². The van der Waals surface area contributed by atoms with Gasteiger partial charge in [-0.05, 0) is 25.5 Å². The molecule has 0 aromatic carbocycles. The molecule has 0 aliphatic rings. The normalized spacial score (nSPS) is 12.6. The van der Waals surface area contributed by atoms with Crippen molar-refractivity contribution >= 4 is 5.82 Å². The summed E-state index contributed by atoms with van der Waals surface area (Å²) < 4.78 is 0. The number of aliphatic hydroxyl groups is 1. The third-order valence-electron chi connectivity index (χ3n) is 1.82. The van der Waals surface area contributed by atoms with Crippen molar-refractivity contribution in [3.8, 4) is 0 Å². The van der Waals surface area contributed by atoms with Crippen molar-refractivity contribution in [3.05, 3.63) is 23.9 Å². The first-order valence-electron chi connectivity index (χ1n) is 4.41. The number of rotatable bonds is 3. The fourth-order valence-corrected chi connectivity index (χ4v) is 1.18. The Hall–Kier alpha value is -1.09. The summed E-state index contributed by atoms with van der Waals surface area (Å²) in [4.78, 5) is 6.18. The van der Waals surface area contributed by atoms with Crippen LogP contribution in [-0.4, -0.2) is 29.8 Å². The Kier molecular flexibility index (Phi) is 3.25. The molecule has 1 aromatic heterocycles. The highest BCUT2D eigenvalue weighted by atomic mass is 16.3. The van der Waals surface area contributed by atoms with Gasteiger partial charge in [0.05, 0.1) is 6.10 Å². The van der Waals surface area contributed by atoms with Gasteiger partial charge in [-0.25, -0.2) is 4.98 Å². The molecule has 0 saturated heterocycles. The summed E-state index contributed by atoms with van der Waals surface area (Å²) in [6.45, 7) is 4.38. The Bertz CT molecular complexity index is 256. The van der Waals surface area contributed by atoms with Gasteiger partial charge in [-0.1, -0.05) is 6.07 Å². The first-order valence-corrected chi connectivity index (χ1v) is 4.41. The van der Waals surface area contributed by atoms with Gasteiger partial charge in [-0.3, -0.25) is 0 Å². The summed E-state index contributed by atoms with van der Waals surface area (Å²) in [5, 5.41) is 9.17. The molecule has 72 valence electrons. The van der Waals surface area contributed by atoms with Gasteiger partial charge in [-0.15, -0.1) is 0 Å². The molecule has 3 nitrogen and oxygen atoms in total. The van der Waals surface area contributed by atoms with E-state index in [4.69, 9.17) is 5.11 Å². The monoisotopic (exact) mass is 180 g/mol. The van der Waals surface area contributed by atoms with Crippen LogP contribution in [0.15, 0.2) is 18.3 Å². The van der Waals surface area contributed by atoms with Crippen LogP contribution in [-0.2, 0) is 0 Å². The Labute approximate surface area is 79.0 Å². The third-order valence-corrected chi connectivity index (χ3v) is 1.82. The molecule has 1 aromatic rings. The van der Waals surface area contributed by atoms with Gasteiger partial charge < -0.3 is 10.0 Å². The predicted molar refractivity (Wildman–Crippen MR) is 53.9 cm³/mol. The number of aliphatic hydroxyl groups excluding tert-OH is 1. The maximum atomic E-state index is 9.17. The average Bonchev–Trinajstić information content (AvgIpc) is 2.04. The summed E-state index contributed by atoms with van der Waals surface area (Å²) in [6, 6.07) is 3.97. The number of nitrogens with zero attached hydrogens (tertiary/aromatic N) is 2. The van der Waals surface area contributed by atoms with Crippen LogP contribution in [0.4, 0.5) is 5.82 Å². The lowest BCUT2D eigenvalue weighted by molar-refractivity contribution is 0.201. The van der Waals surface area contributed by atoms with E-state index in [1.54, 1.807) is 6.92 Å². The minimum atomic E-state index is -0.326. The molecule has 0 saturated carbocycles. The molecule has 1 rings (SSSR count). The molecule has 1 N–H and O–H groups in total. The van der Waals surface area contributed by atoms with Crippen molar-refractivity contribution in [2.75, 3.05) is 18.5 Å². The Morgan fingerprint density at radius 2 is 2.23 bits per heavy atom. The Balaban J connectivity index is 2.66. The quantitative estimate of drug-likeness (QED) is 0.759. The standard InChI is InChI=1S/C10H16N2O/c1-8-4-5-10(11-6-8)12(3)7-9(2)13/h4-6,9,13H,7H2,1-3H3/t9-/m1/s1. The number of pyridine rings is 1. The fourth-order valence-electron chi connectivity index (χ4n) is 1.18. The van der Waals surface area contributed by atoms with E-state index in [0.717, 1.165) is 11.4 Å². The average molecular weight is 180 g/mol. The van der Waals surface area contributed by atoms with Gasteiger partial charge in [0.1, 0.15) is 5.82 Å². The second kappa shape index (κ2) is 4.23. The molecule has 0 spiro atoms. The van der Waals surface area contributed by atoms with E-state index >= 15 is 0 Å². The van der Waals surface area contributed by atoms with Gasteiger partial charge in [0.25, 0.3) is 0 Å². The third kappa shape index (κ3) is 3.03. The van der Waals surface area contributed by atoms with E-state index in [1.807, 2.05) is 37.2 Å². The SMILES string of the molecule is Cc1ccc(N(C)C[C@@H](C)O)nc1. The lowest BCUT2D eigenvalue weighted by atomic mass is 10.3. The molecule has 1 heterocycles. The number of likely N-dealkylation sites (N-methyl/N-ethyl adjacent to an activating group) is 1. The van der Waals surface area contributed by atoms with E-state index in [-0.39, 0.29) is 6.10 Å². The zero-order valence-electron chi connectivity index (χ0n) is 8.36. The minimum absolute atomic E-state index is 0.326. The smallest absolute Gasteiger partial charge is 0.128 e. The number of aryl methyl sites for hydroxylation is 1. The van der Waals surface area contributed by atoms with Gasteiger partial charge in [-0.2, -0.15) is 0 Å². The summed E-state index contributed by atoms with van der Waals surface area (Å²) in [5.41, 5.74) is 1.15. The molecule has 0 fully saturated rings.